The number of fused-ring (bicyclic) bond motifs is 3. The van der Waals surface area contributed by atoms with E-state index in [-0.39, 0.29) is 42.4 Å². The normalized spacial score (nSPS) is 19.7. The predicted octanol–water partition coefficient (Wildman–Crippen LogP) is 3.54. The Hall–Kier alpha value is -3.59. The van der Waals surface area contributed by atoms with Crippen LogP contribution in [0, 0.1) is 18.3 Å². The summed E-state index contributed by atoms with van der Waals surface area (Å²) >= 11 is 0. The highest BCUT2D eigenvalue weighted by Gasteiger charge is 2.37. The second-order valence-electron chi connectivity index (χ2n) is 8.83. The van der Waals surface area contributed by atoms with Crippen molar-refractivity contribution in [1.82, 2.24) is 19.6 Å². The molecular weight excluding hydrogens is 465 g/mol. The average Bonchev–Trinajstić information content (AvgIpc) is 3.09. The first-order valence-electron chi connectivity index (χ1n) is 11.1. The highest BCUT2D eigenvalue weighted by Crippen LogP contribution is 2.30. The van der Waals surface area contributed by atoms with Crippen LogP contribution in [0.5, 0.6) is 0 Å². The van der Waals surface area contributed by atoms with Crippen molar-refractivity contribution in [3.8, 4) is 0 Å². The molecule has 2 aliphatic heterocycles. The van der Waals surface area contributed by atoms with Crippen molar-refractivity contribution in [3.05, 3.63) is 52.4 Å². The van der Waals surface area contributed by atoms with E-state index in [2.05, 4.69) is 15.3 Å². The topological polar surface area (TPSA) is 84.1 Å². The van der Waals surface area contributed by atoms with E-state index in [1.165, 1.54) is 17.0 Å². The number of nitrogens with zero attached hydrogens (tertiary/aromatic N) is 5. The highest BCUT2D eigenvalue weighted by molar-refractivity contribution is 5.95. The van der Waals surface area contributed by atoms with Crippen LogP contribution in [0.25, 0.3) is 4.85 Å². The summed E-state index contributed by atoms with van der Waals surface area (Å²) in [6.45, 7) is 9.11. The van der Waals surface area contributed by atoms with Gasteiger partial charge in [-0.2, -0.15) is 5.10 Å². The van der Waals surface area contributed by atoms with E-state index in [4.69, 9.17) is 11.3 Å². The van der Waals surface area contributed by atoms with Crippen LogP contribution >= 0.6 is 0 Å². The smallest absolute Gasteiger partial charge is 0.322 e. The second-order valence-corrected chi connectivity index (χ2v) is 8.83. The zero-order valence-corrected chi connectivity index (χ0v) is 19.3. The van der Waals surface area contributed by atoms with Gasteiger partial charge in [-0.1, -0.05) is 0 Å². The molecular formula is C23H25F3N6O3. The van der Waals surface area contributed by atoms with Gasteiger partial charge in [0.15, 0.2) is 0 Å². The van der Waals surface area contributed by atoms with Crippen LogP contribution < -0.4 is 5.32 Å². The Morgan fingerprint density at radius 2 is 2.14 bits per heavy atom. The van der Waals surface area contributed by atoms with Crippen molar-refractivity contribution < 1.29 is 27.5 Å². The monoisotopic (exact) mass is 490 g/mol. The quantitative estimate of drug-likeness (QED) is 0.650. The molecule has 1 aromatic carbocycles. The summed E-state index contributed by atoms with van der Waals surface area (Å²) in [4.78, 5) is 32.4. The van der Waals surface area contributed by atoms with E-state index in [9.17, 15) is 22.8 Å². The van der Waals surface area contributed by atoms with Crippen molar-refractivity contribution >= 4 is 23.3 Å². The number of halogens is 3. The molecule has 0 spiro atoms. The summed E-state index contributed by atoms with van der Waals surface area (Å²) < 4.78 is 45.2. The third-order valence-corrected chi connectivity index (χ3v) is 6.17. The lowest BCUT2D eigenvalue weighted by atomic mass is 9.99. The van der Waals surface area contributed by atoms with Gasteiger partial charge in [0, 0.05) is 49.8 Å². The molecule has 2 aliphatic rings. The fraction of sp³-hybridized carbons (Fsp3) is 0.478. The molecule has 1 aromatic heterocycles. The minimum Gasteiger partial charge on any atom is -0.375 e. The number of carbonyl (C=O) groups is 2. The summed E-state index contributed by atoms with van der Waals surface area (Å²) in [6.07, 6.45) is -2.14. The van der Waals surface area contributed by atoms with E-state index < -0.39 is 24.9 Å². The van der Waals surface area contributed by atoms with Crippen molar-refractivity contribution in [2.45, 2.75) is 38.9 Å². The van der Waals surface area contributed by atoms with E-state index in [1.807, 2.05) is 6.92 Å². The molecule has 3 amide bonds. The lowest BCUT2D eigenvalue weighted by Gasteiger charge is -2.33. The first-order chi connectivity index (χ1) is 16.7. The molecule has 9 nitrogen and oxygen atoms in total. The molecule has 2 atom stereocenters. The largest absolute Gasteiger partial charge is 0.375 e. The number of amides is 3. The number of aromatic nitrogens is 2. The molecule has 2 aromatic rings. The van der Waals surface area contributed by atoms with Crippen molar-refractivity contribution in [2.75, 3.05) is 32.1 Å². The van der Waals surface area contributed by atoms with Gasteiger partial charge < -0.3 is 19.9 Å². The number of anilines is 1. The fourth-order valence-corrected chi connectivity index (χ4v) is 4.49. The number of ether oxygens (including phenoxy) is 1. The average molecular weight is 490 g/mol. The summed E-state index contributed by atoms with van der Waals surface area (Å²) in [7, 11) is 1.64. The maximum atomic E-state index is 13.6. The van der Waals surface area contributed by atoms with Crippen molar-refractivity contribution in [3.63, 3.8) is 0 Å². The van der Waals surface area contributed by atoms with E-state index in [1.54, 1.807) is 16.6 Å². The number of alkyl halides is 2. The SMILES string of the molecule is [C-]#[N+]c1cc(NC(=O)N2Cc3c(nn4c3C(=O)N(C)C[C@H](COCC(F)F)C4)C[C@H]2C)ccc1F. The molecule has 12 heteroatoms. The first-order valence-corrected chi connectivity index (χ1v) is 11.1. The summed E-state index contributed by atoms with van der Waals surface area (Å²) in [5, 5.41) is 7.32. The van der Waals surface area contributed by atoms with Crippen LogP contribution in [0.1, 0.15) is 28.7 Å². The van der Waals surface area contributed by atoms with Crippen molar-refractivity contribution in [2.24, 2.45) is 5.92 Å². The van der Waals surface area contributed by atoms with E-state index >= 15 is 0 Å². The molecule has 0 fully saturated rings. The summed E-state index contributed by atoms with van der Waals surface area (Å²) in [5.74, 6) is -1.14. The molecule has 3 heterocycles. The van der Waals surface area contributed by atoms with Crippen LogP contribution in [0.3, 0.4) is 0 Å². The van der Waals surface area contributed by atoms with E-state index in [0.717, 1.165) is 6.07 Å². The van der Waals surface area contributed by atoms with Gasteiger partial charge in [0.2, 0.25) is 5.69 Å². The van der Waals surface area contributed by atoms with Gasteiger partial charge in [0.1, 0.15) is 18.1 Å². The minimum atomic E-state index is -2.56. The van der Waals surface area contributed by atoms with E-state index in [0.29, 0.717) is 36.5 Å². The van der Waals surface area contributed by atoms with Gasteiger partial charge in [-0.05, 0) is 25.1 Å². The maximum Gasteiger partial charge on any atom is 0.322 e. The van der Waals surface area contributed by atoms with Gasteiger partial charge in [0.25, 0.3) is 12.3 Å². The van der Waals surface area contributed by atoms with Crippen LogP contribution in [0.15, 0.2) is 18.2 Å². The van der Waals surface area contributed by atoms with Crippen LogP contribution in [0.2, 0.25) is 0 Å². The molecule has 1 N–H and O–H groups in total. The molecule has 4 rings (SSSR count). The van der Waals surface area contributed by atoms with Gasteiger partial charge >= 0.3 is 6.03 Å². The number of hydrogen-bond acceptors (Lipinski definition) is 4. The molecule has 0 unspecified atom stereocenters. The Balaban J connectivity index is 1.55. The number of hydrogen-bond donors (Lipinski definition) is 1. The summed E-state index contributed by atoms with van der Waals surface area (Å²) in [5.41, 5.74) is 1.83. The number of rotatable bonds is 5. The zero-order valence-electron chi connectivity index (χ0n) is 19.3. The molecule has 0 bridgehead atoms. The Kier molecular flexibility index (Phi) is 6.98. The lowest BCUT2D eigenvalue weighted by molar-refractivity contribution is -0.00113. The minimum absolute atomic E-state index is 0.0706. The molecule has 0 saturated carbocycles. The molecule has 35 heavy (non-hydrogen) atoms. The number of urea groups is 1. The maximum absolute atomic E-state index is 13.6. The molecule has 0 saturated heterocycles. The predicted molar refractivity (Wildman–Crippen MR) is 120 cm³/mol. The number of carbonyl (C=O) groups excluding carboxylic acids is 2. The van der Waals surface area contributed by atoms with Crippen LogP contribution in [-0.2, 0) is 24.2 Å². The van der Waals surface area contributed by atoms with Crippen LogP contribution in [-0.4, -0.2) is 70.8 Å². The Morgan fingerprint density at radius 3 is 2.86 bits per heavy atom. The molecule has 0 aliphatic carbocycles. The Morgan fingerprint density at radius 1 is 1.37 bits per heavy atom. The van der Waals surface area contributed by atoms with Gasteiger partial charge in [-0.3, -0.25) is 9.48 Å². The van der Waals surface area contributed by atoms with Gasteiger partial charge in [-0.15, -0.1) is 0 Å². The zero-order chi connectivity index (χ0) is 25.3. The highest BCUT2D eigenvalue weighted by atomic mass is 19.3. The second kappa shape index (κ2) is 9.95. The molecule has 186 valence electrons. The van der Waals surface area contributed by atoms with Gasteiger partial charge in [-0.25, -0.2) is 22.8 Å². The fourth-order valence-electron chi connectivity index (χ4n) is 4.49. The Labute approximate surface area is 200 Å². The number of nitrogens with one attached hydrogen (secondary N) is 1. The van der Waals surface area contributed by atoms with Crippen molar-refractivity contribution in [1.29, 1.82) is 0 Å². The third kappa shape index (κ3) is 5.09. The van der Waals surface area contributed by atoms with Crippen LogP contribution in [0.4, 0.5) is 29.3 Å². The first kappa shape index (κ1) is 24.5. The Bertz CT molecular complexity index is 1180. The standard InChI is InChI=1S/C23H25F3N6O3/c1-13-6-18-16(10-31(13)23(34)28-15-4-5-17(24)19(7-15)27-2)21-22(33)30(3)8-14(9-32(21)29-18)11-35-12-20(25)26/h4-5,7,13-14,20H,6,8-12H2,1,3H3,(H,28,34)/t13-,14+/m1/s1. The summed E-state index contributed by atoms with van der Waals surface area (Å²) in [6, 6.07) is 3.08. The third-order valence-electron chi connectivity index (χ3n) is 6.17. The van der Waals surface area contributed by atoms with Gasteiger partial charge in [0.05, 0.1) is 25.4 Å². The number of benzene rings is 1. The lowest BCUT2D eigenvalue weighted by Crippen LogP contribution is -2.45. The molecule has 0 radical (unpaired) electrons.